The van der Waals surface area contributed by atoms with Gasteiger partial charge in [-0.15, -0.1) is 11.3 Å². The van der Waals surface area contributed by atoms with Crippen LogP contribution in [0.1, 0.15) is 36.8 Å². The van der Waals surface area contributed by atoms with E-state index in [4.69, 9.17) is 9.72 Å². The minimum atomic E-state index is -0.939. The molecule has 2 unspecified atom stereocenters. The molecule has 5 aromatic rings. The van der Waals surface area contributed by atoms with E-state index >= 15 is 8.78 Å². The van der Waals surface area contributed by atoms with Crippen LogP contribution in [0.5, 0.6) is 6.01 Å². The first-order chi connectivity index (χ1) is 24.4. The van der Waals surface area contributed by atoms with Gasteiger partial charge in [0.25, 0.3) is 5.91 Å². The van der Waals surface area contributed by atoms with Crippen LogP contribution in [0.15, 0.2) is 65.9 Å². The van der Waals surface area contributed by atoms with E-state index in [1.807, 2.05) is 41.3 Å². The summed E-state index contributed by atoms with van der Waals surface area (Å²) >= 11 is 1.22. The van der Waals surface area contributed by atoms with Crippen molar-refractivity contribution in [3.63, 3.8) is 0 Å². The van der Waals surface area contributed by atoms with Crippen LogP contribution in [0.2, 0.25) is 0 Å². The Labute approximate surface area is 293 Å². The van der Waals surface area contributed by atoms with Gasteiger partial charge in [0.1, 0.15) is 22.9 Å². The fraction of sp³-hybridized carbons (Fsp3) is 0.342. The molecule has 0 spiro atoms. The fourth-order valence-electron chi connectivity index (χ4n) is 7.15. The third-order valence-electron chi connectivity index (χ3n) is 9.78. The van der Waals surface area contributed by atoms with Crippen molar-refractivity contribution < 1.29 is 18.3 Å². The molecule has 4 heterocycles. The zero-order valence-corrected chi connectivity index (χ0v) is 28.8. The first-order valence-corrected chi connectivity index (χ1v) is 17.8. The summed E-state index contributed by atoms with van der Waals surface area (Å²) in [6.07, 6.45) is 5.48. The number of likely N-dealkylation sites (N-methyl/N-ethyl adjacent to an activating group) is 1. The van der Waals surface area contributed by atoms with Crippen LogP contribution >= 0.6 is 11.3 Å². The molecule has 256 valence electrons. The van der Waals surface area contributed by atoms with E-state index < -0.39 is 23.6 Å². The maximum absolute atomic E-state index is 16.9. The molecular formula is C38H37F2N7O2S. The highest BCUT2D eigenvalue weighted by atomic mass is 32.1. The number of carbonyl (C=O) groups excluding carboxylic acids is 1. The number of piperazine rings is 1. The van der Waals surface area contributed by atoms with Gasteiger partial charge in [-0.05, 0) is 60.8 Å². The topological polar surface area (TPSA) is 98.5 Å². The Hall–Kier alpha value is -4.99. The number of fused-ring (bicyclic) bond motifs is 2. The number of halogens is 2. The number of rotatable bonds is 9. The summed E-state index contributed by atoms with van der Waals surface area (Å²) < 4.78 is 38.2. The molecule has 7 rings (SSSR count). The Morgan fingerprint density at radius 1 is 1.10 bits per heavy atom. The third kappa shape index (κ3) is 6.51. The van der Waals surface area contributed by atoms with E-state index in [0.29, 0.717) is 28.4 Å². The quantitative estimate of drug-likeness (QED) is 0.152. The highest BCUT2D eigenvalue weighted by Crippen LogP contribution is 2.38. The van der Waals surface area contributed by atoms with Gasteiger partial charge in [0.05, 0.1) is 18.5 Å². The summed E-state index contributed by atoms with van der Waals surface area (Å²) in [6, 6.07) is 17.4. The predicted molar refractivity (Wildman–Crippen MR) is 192 cm³/mol. The highest BCUT2D eigenvalue weighted by Gasteiger charge is 2.34. The van der Waals surface area contributed by atoms with E-state index in [1.54, 1.807) is 11.4 Å². The number of benzene rings is 3. The number of ether oxygens (including phenoxy) is 1. The van der Waals surface area contributed by atoms with Crippen molar-refractivity contribution in [2.45, 2.75) is 44.7 Å². The molecule has 2 aromatic heterocycles. The largest absolute Gasteiger partial charge is 0.462 e. The highest BCUT2D eigenvalue weighted by molar-refractivity contribution is 7.10. The van der Waals surface area contributed by atoms with Gasteiger partial charge in [0, 0.05) is 54.3 Å². The second-order valence-corrected chi connectivity index (χ2v) is 13.7. The minimum absolute atomic E-state index is 0.0213. The van der Waals surface area contributed by atoms with E-state index in [1.165, 1.54) is 22.4 Å². The van der Waals surface area contributed by atoms with Crippen molar-refractivity contribution in [3.8, 4) is 23.2 Å². The number of aromatic nitrogens is 3. The second-order valence-electron chi connectivity index (χ2n) is 12.7. The summed E-state index contributed by atoms with van der Waals surface area (Å²) in [4.78, 5) is 32.3. The van der Waals surface area contributed by atoms with Gasteiger partial charge in [-0.2, -0.15) is 15.2 Å². The summed E-state index contributed by atoms with van der Waals surface area (Å²) in [5.41, 5.74) is 2.46. The number of nitrogens with zero attached hydrogens (tertiary/aromatic N) is 7. The van der Waals surface area contributed by atoms with Crippen molar-refractivity contribution >= 4 is 50.8 Å². The molecule has 50 heavy (non-hydrogen) atoms. The van der Waals surface area contributed by atoms with Crippen molar-refractivity contribution in [2.24, 2.45) is 0 Å². The normalized spacial score (nSPS) is 18.6. The molecule has 2 aliphatic heterocycles. The molecule has 0 radical (unpaired) electrons. The molecule has 9 nitrogen and oxygen atoms in total. The second kappa shape index (κ2) is 14.5. The summed E-state index contributed by atoms with van der Waals surface area (Å²) in [5.74, 6) is -1.78. The van der Waals surface area contributed by atoms with Crippen LogP contribution in [-0.2, 0) is 11.2 Å². The first-order valence-electron chi connectivity index (χ1n) is 16.9. The van der Waals surface area contributed by atoms with Crippen molar-refractivity contribution in [1.82, 2.24) is 24.8 Å². The number of hydrogen-bond acceptors (Lipinski definition) is 9. The van der Waals surface area contributed by atoms with Crippen molar-refractivity contribution in [1.29, 1.82) is 5.26 Å². The van der Waals surface area contributed by atoms with Gasteiger partial charge in [-0.25, -0.2) is 13.8 Å². The number of nitriles is 1. The maximum Gasteiger partial charge on any atom is 0.319 e. The lowest BCUT2D eigenvalue weighted by Gasteiger charge is -2.41. The third-order valence-corrected chi connectivity index (χ3v) is 10.5. The van der Waals surface area contributed by atoms with Gasteiger partial charge in [0.2, 0.25) is 0 Å². The Balaban J connectivity index is 1.28. The van der Waals surface area contributed by atoms with E-state index in [2.05, 4.69) is 41.0 Å². The van der Waals surface area contributed by atoms with Crippen LogP contribution < -0.4 is 9.64 Å². The van der Waals surface area contributed by atoms with Gasteiger partial charge >= 0.3 is 6.01 Å². The van der Waals surface area contributed by atoms with E-state index in [-0.39, 0.29) is 43.6 Å². The fourth-order valence-corrected chi connectivity index (χ4v) is 7.70. The molecular weight excluding hydrogens is 657 g/mol. The Morgan fingerprint density at radius 2 is 1.94 bits per heavy atom. The number of aryl methyl sites for hydroxylation is 1. The smallest absolute Gasteiger partial charge is 0.319 e. The van der Waals surface area contributed by atoms with E-state index in [0.717, 1.165) is 53.8 Å². The number of anilines is 1. The van der Waals surface area contributed by atoms with Gasteiger partial charge < -0.3 is 19.4 Å². The molecule has 3 aromatic carbocycles. The van der Waals surface area contributed by atoms with Crippen molar-refractivity contribution in [3.05, 3.63) is 82.3 Å². The molecule has 0 aliphatic carbocycles. The molecule has 2 aliphatic rings. The number of hydrogen-bond donors (Lipinski definition) is 0. The summed E-state index contributed by atoms with van der Waals surface area (Å²) in [6.45, 7) is 4.02. The Bertz CT molecular complexity index is 2110. The lowest BCUT2D eigenvalue weighted by atomic mass is 9.93. The predicted octanol–water partition coefficient (Wildman–Crippen LogP) is 7.02. The molecule has 2 fully saturated rings. The van der Waals surface area contributed by atoms with Gasteiger partial charge in [-0.3, -0.25) is 4.79 Å². The molecule has 12 heteroatoms. The number of thiazole rings is 1. The molecule has 2 saturated heterocycles. The lowest BCUT2D eigenvalue weighted by molar-refractivity contribution is -0.131. The minimum Gasteiger partial charge on any atom is -0.462 e. The molecule has 0 N–H and O–H groups in total. The number of carbonyl (C=O) groups is 1. The van der Waals surface area contributed by atoms with Gasteiger partial charge in [0.15, 0.2) is 11.6 Å². The summed E-state index contributed by atoms with van der Waals surface area (Å²) in [7, 11) is 2.06. The summed E-state index contributed by atoms with van der Waals surface area (Å²) in [5, 5.41) is 14.3. The zero-order valence-electron chi connectivity index (χ0n) is 28.0. The number of amides is 1. The lowest BCUT2D eigenvalue weighted by Crippen LogP contribution is -2.55. The molecule has 0 saturated carbocycles. The van der Waals surface area contributed by atoms with Crippen molar-refractivity contribution in [2.75, 3.05) is 44.7 Å². The zero-order chi connectivity index (χ0) is 34.8. The SMILES string of the molecule is CCc1cccc2cccc(-c3ccc4c(N5CCN(C(=O)/C(F)=C/c6nccs6)C(CC#N)C5)nc(OCC5CCCN5C)nc4c3F)c12. The molecule has 0 bridgehead atoms. The van der Waals surface area contributed by atoms with Gasteiger partial charge in [-0.1, -0.05) is 49.4 Å². The Morgan fingerprint density at radius 3 is 2.68 bits per heavy atom. The van der Waals surface area contributed by atoms with Crippen LogP contribution in [0.3, 0.4) is 0 Å². The van der Waals surface area contributed by atoms with E-state index in [9.17, 15) is 10.1 Å². The standard InChI is InChI=1S/C38H37F2N7O2S/c1-3-24-7-4-8-25-9-5-11-28(33(24)25)29-12-13-30-35(34(29)40)43-38(49-23-27-10-6-17-45(27)2)44-36(30)46-18-19-47(26(22-46)14-15-41)37(48)31(39)21-32-42-16-20-50-32/h4-5,7-9,11-13,16,20-21,26-27H,3,6,10,14,17-19,22-23H2,1-2H3/b31-21-. The maximum atomic E-state index is 16.9. The monoisotopic (exact) mass is 693 g/mol. The van der Waals surface area contributed by atoms with Crippen LogP contribution in [-0.4, -0.2) is 82.6 Å². The molecule has 1 amide bonds. The first kappa shape index (κ1) is 33.5. The molecule has 2 atom stereocenters. The number of likely N-dealkylation sites (tertiary alicyclic amines) is 1. The van der Waals surface area contributed by atoms with Crippen LogP contribution in [0.4, 0.5) is 14.6 Å². The average Bonchev–Trinajstić information content (AvgIpc) is 3.81. The average molecular weight is 694 g/mol. The van der Waals surface area contributed by atoms with Crippen LogP contribution in [0, 0.1) is 17.1 Å². The Kier molecular flexibility index (Phi) is 9.70. The van der Waals surface area contributed by atoms with Crippen LogP contribution in [0.25, 0.3) is 38.9 Å².